The number of fused-ring (bicyclic) bond motifs is 1. The Bertz CT molecular complexity index is 927. The third-order valence-electron chi connectivity index (χ3n) is 8.13. The largest absolute Gasteiger partial charge is 0.396 e. The number of allylic oxidation sites excluding steroid dienone is 1. The van der Waals surface area contributed by atoms with Crippen LogP contribution in [-0.2, 0) is 19.4 Å². The van der Waals surface area contributed by atoms with Crippen LogP contribution in [0.25, 0.3) is 6.08 Å². The van der Waals surface area contributed by atoms with Gasteiger partial charge in [-0.25, -0.2) is 0 Å². The van der Waals surface area contributed by atoms with Gasteiger partial charge < -0.3 is 5.11 Å². The predicted octanol–water partition coefficient (Wildman–Crippen LogP) is 4.88. The van der Waals surface area contributed by atoms with E-state index in [1.165, 1.54) is 48.2 Å². The molecule has 1 unspecified atom stereocenters. The number of rotatable bonds is 6. The van der Waals surface area contributed by atoms with E-state index in [1.807, 2.05) is 0 Å². The van der Waals surface area contributed by atoms with Crippen LogP contribution in [0.1, 0.15) is 68.1 Å². The fourth-order valence-corrected chi connectivity index (χ4v) is 6.40. The standard InChI is InChI=1S/C27H37N3O/c1-3-25-23-14-13-21(15-26(23)30(28-25)22-11-7-8-12-22)24-17-29(18-27(24,2)19-31)16-20-9-5-4-6-10-20/h4-6,9-10,13-14,21-22,24,31H,3,7-8,11-12,15-19H2,1-2H3/t21?,24-,27-/m0/s1. The van der Waals surface area contributed by atoms with Crippen molar-refractivity contribution in [1.82, 2.24) is 14.7 Å². The van der Waals surface area contributed by atoms with Crippen molar-refractivity contribution in [2.75, 3.05) is 19.7 Å². The number of aromatic nitrogens is 2. The molecule has 0 amide bonds. The highest BCUT2D eigenvalue weighted by Crippen LogP contribution is 2.45. The molecule has 1 aliphatic heterocycles. The number of nitrogens with zero attached hydrogens (tertiary/aromatic N) is 3. The fourth-order valence-electron chi connectivity index (χ4n) is 6.40. The molecule has 4 heteroatoms. The molecule has 0 bridgehead atoms. The van der Waals surface area contributed by atoms with Gasteiger partial charge in [0.25, 0.3) is 0 Å². The van der Waals surface area contributed by atoms with Gasteiger partial charge in [0.2, 0.25) is 0 Å². The van der Waals surface area contributed by atoms with E-state index >= 15 is 0 Å². The van der Waals surface area contributed by atoms with Gasteiger partial charge in [-0.05, 0) is 43.1 Å². The maximum Gasteiger partial charge on any atom is 0.0697 e. The number of aryl methyl sites for hydroxylation is 1. The minimum Gasteiger partial charge on any atom is -0.396 e. The summed E-state index contributed by atoms with van der Waals surface area (Å²) in [6.07, 6.45) is 12.1. The Hall–Kier alpha value is -1.91. The maximum atomic E-state index is 10.4. The zero-order valence-corrected chi connectivity index (χ0v) is 19.1. The molecule has 0 radical (unpaired) electrons. The first-order valence-electron chi connectivity index (χ1n) is 12.3. The van der Waals surface area contributed by atoms with Gasteiger partial charge in [0.05, 0.1) is 11.7 Å². The van der Waals surface area contributed by atoms with Gasteiger partial charge in [-0.2, -0.15) is 5.10 Å². The monoisotopic (exact) mass is 419 g/mol. The van der Waals surface area contributed by atoms with Crippen molar-refractivity contribution in [3.8, 4) is 0 Å². The fraction of sp³-hybridized carbons (Fsp3) is 0.593. The third-order valence-corrected chi connectivity index (χ3v) is 8.13. The van der Waals surface area contributed by atoms with E-state index in [4.69, 9.17) is 5.10 Å². The Morgan fingerprint density at radius 3 is 2.65 bits per heavy atom. The summed E-state index contributed by atoms with van der Waals surface area (Å²) in [7, 11) is 0. The van der Waals surface area contributed by atoms with Crippen molar-refractivity contribution in [2.24, 2.45) is 17.3 Å². The highest BCUT2D eigenvalue weighted by molar-refractivity contribution is 5.58. The van der Waals surface area contributed by atoms with Crippen molar-refractivity contribution in [3.05, 3.63) is 58.9 Å². The molecule has 1 saturated heterocycles. The molecule has 2 heterocycles. The van der Waals surface area contributed by atoms with Gasteiger partial charge in [-0.1, -0.05) is 69.2 Å². The molecule has 0 spiro atoms. The van der Waals surface area contributed by atoms with Crippen LogP contribution in [-0.4, -0.2) is 39.5 Å². The van der Waals surface area contributed by atoms with Gasteiger partial charge in [-0.15, -0.1) is 0 Å². The summed E-state index contributed by atoms with van der Waals surface area (Å²) in [6, 6.07) is 11.3. The van der Waals surface area contributed by atoms with Crippen LogP contribution in [0.5, 0.6) is 0 Å². The molecule has 3 atom stereocenters. The summed E-state index contributed by atoms with van der Waals surface area (Å²) in [4.78, 5) is 2.55. The van der Waals surface area contributed by atoms with Crippen LogP contribution < -0.4 is 0 Å². The second kappa shape index (κ2) is 8.55. The van der Waals surface area contributed by atoms with Crippen LogP contribution in [0.3, 0.4) is 0 Å². The van der Waals surface area contributed by atoms with Crippen molar-refractivity contribution < 1.29 is 5.11 Å². The summed E-state index contributed by atoms with van der Waals surface area (Å²) in [5, 5.41) is 15.5. The van der Waals surface area contributed by atoms with E-state index in [1.54, 1.807) is 0 Å². The van der Waals surface area contributed by atoms with Gasteiger partial charge in [-0.3, -0.25) is 9.58 Å². The van der Waals surface area contributed by atoms with Gasteiger partial charge >= 0.3 is 0 Å². The Morgan fingerprint density at radius 1 is 1.16 bits per heavy atom. The van der Waals surface area contributed by atoms with E-state index in [0.29, 0.717) is 17.9 Å². The first-order valence-corrected chi connectivity index (χ1v) is 12.3. The lowest BCUT2D eigenvalue weighted by Gasteiger charge is -2.35. The average Bonchev–Trinajstić information content (AvgIpc) is 3.51. The van der Waals surface area contributed by atoms with Crippen LogP contribution >= 0.6 is 0 Å². The number of aliphatic hydroxyl groups is 1. The Morgan fingerprint density at radius 2 is 1.94 bits per heavy atom. The highest BCUT2D eigenvalue weighted by atomic mass is 16.3. The highest BCUT2D eigenvalue weighted by Gasteiger charge is 2.46. The SMILES string of the molecule is CCc1nn(C2CCCC2)c2c1C=CC([C@@H]1CN(Cc3ccccc3)C[C@@]1(C)CO)C2. The van der Waals surface area contributed by atoms with Crippen molar-refractivity contribution in [2.45, 2.75) is 65.0 Å². The molecule has 2 aromatic rings. The molecule has 1 aromatic heterocycles. The molecule has 2 fully saturated rings. The molecule has 4 nitrogen and oxygen atoms in total. The number of hydrogen-bond acceptors (Lipinski definition) is 3. The number of benzene rings is 1. The Balaban J connectivity index is 1.39. The van der Waals surface area contributed by atoms with Crippen LogP contribution in [0, 0.1) is 17.3 Å². The quantitative estimate of drug-likeness (QED) is 0.726. The molecule has 31 heavy (non-hydrogen) atoms. The lowest BCUT2D eigenvalue weighted by atomic mass is 9.70. The Kier molecular flexibility index (Phi) is 5.78. The number of aliphatic hydroxyl groups excluding tert-OH is 1. The zero-order valence-electron chi connectivity index (χ0n) is 19.1. The summed E-state index contributed by atoms with van der Waals surface area (Å²) < 4.78 is 2.41. The smallest absolute Gasteiger partial charge is 0.0697 e. The number of hydrogen-bond donors (Lipinski definition) is 1. The van der Waals surface area contributed by atoms with Crippen LogP contribution in [0.15, 0.2) is 36.4 Å². The number of likely N-dealkylation sites (tertiary alicyclic amines) is 1. The Labute approximate surface area is 187 Å². The summed E-state index contributed by atoms with van der Waals surface area (Å²) in [5.74, 6) is 0.926. The van der Waals surface area contributed by atoms with E-state index in [-0.39, 0.29) is 12.0 Å². The maximum absolute atomic E-state index is 10.4. The second-order valence-corrected chi connectivity index (χ2v) is 10.3. The first kappa shape index (κ1) is 21.0. The molecule has 3 aliphatic rings. The second-order valence-electron chi connectivity index (χ2n) is 10.3. The normalized spacial score (nSPS) is 29.0. The molecule has 1 saturated carbocycles. The molecule has 1 N–H and O–H groups in total. The first-order chi connectivity index (χ1) is 15.1. The molecule has 1 aromatic carbocycles. The third kappa shape index (κ3) is 3.89. The lowest BCUT2D eigenvalue weighted by Crippen LogP contribution is -2.36. The van der Waals surface area contributed by atoms with E-state index in [2.05, 4.69) is 65.9 Å². The summed E-state index contributed by atoms with van der Waals surface area (Å²) in [6.45, 7) is 7.74. The van der Waals surface area contributed by atoms with Crippen molar-refractivity contribution in [1.29, 1.82) is 0 Å². The van der Waals surface area contributed by atoms with Gasteiger partial charge in [0, 0.05) is 42.9 Å². The summed E-state index contributed by atoms with van der Waals surface area (Å²) >= 11 is 0. The van der Waals surface area contributed by atoms with Crippen LogP contribution in [0.2, 0.25) is 0 Å². The average molecular weight is 420 g/mol. The molecule has 166 valence electrons. The van der Waals surface area contributed by atoms with Gasteiger partial charge in [0.1, 0.15) is 0 Å². The minimum atomic E-state index is -0.0624. The van der Waals surface area contributed by atoms with Crippen molar-refractivity contribution >= 4 is 6.08 Å². The van der Waals surface area contributed by atoms with Gasteiger partial charge in [0.15, 0.2) is 0 Å². The molecular formula is C27H37N3O. The predicted molar refractivity (Wildman–Crippen MR) is 126 cm³/mol. The molecule has 5 rings (SSSR count). The zero-order chi connectivity index (χ0) is 21.4. The topological polar surface area (TPSA) is 41.3 Å². The molecular weight excluding hydrogens is 382 g/mol. The summed E-state index contributed by atoms with van der Waals surface area (Å²) in [5.41, 5.74) is 5.40. The van der Waals surface area contributed by atoms with E-state index in [9.17, 15) is 5.11 Å². The van der Waals surface area contributed by atoms with Crippen molar-refractivity contribution in [3.63, 3.8) is 0 Å². The molecule has 2 aliphatic carbocycles. The van der Waals surface area contributed by atoms with E-state index in [0.717, 1.165) is 32.5 Å². The minimum absolute atomic E-state index is 0.0624. The lowest BCUT2D eigenvalue weighted by molar-refractivity contribution is 0.0922. The van der Waals surface area contributed by atoms with Crippen LogP contribution in [0.4, 0.5) is 0 Å². The van der Waals surface area contributed by atoms with E-state index < -0.39 is 0 Å².